The van der Waals surface area contributed by atoms with Gasteiger partial charge in [0.1, 0.15) is 12.4 Å². The Labute approximate surface area is 124 Å². The maximum atomic E-state index is 5.34. The molecule has 1 heterocycles. The van der Waals surface area contributed by atoms with Crippen molar-refractivity contribution in [3.63, 3.8) is 0 Å². The van der Waals surface area contributed by atoms with Gasteiger partial charge in [-0.05, 0) is 12.1 Å². The topological polar surface area (TPSA) is 9.23 Å². The van der Waals surface area contributed by atoms with Gasteiger partial charge in [-0.3, -0.25) is 0 Å². The molecule has 0 aromatic heterocycles. The number of para-hydroxylation sites is 1. The van der Waals surface area contributed by atoms with Gasteiger partial charge < -0.3 is 4.74 Å². The summed E-state index contributed by atoms with van der Waals surface area (Å²) in [5.74, 6) is 0.991. The van der Waals surface area contributed by atoms with Crippen LogP contribution in [0.4, 0.5) is 0 Å². The van der Waals surface area contributed by atoms with Crippen molar-refractivity contribution in [2.45, 2.75) is 0 Å². The summed E-state index contributed by atoms with van der Waals surface area (Å²) in [7, 11) is 0. The Morgan fingerprint density at radius 3 is 2.54 bits per heavy atom. The predicted octanol–water partition coefficient (Wildman–Crippen LogP) is 2.08. The third-order valence-corrected chi connectivity index (χ3v) is 1.55. The zero-order valence-corrected chi connectivity index (χ0v) is 15.1. The Balaban J connectivity index is 0. The quantitative estimate of drug-likeness (QED) is 0.558. The van der Waals surface area contributed by atoms with Gasteiger partial charge in [0.25, 0.3) is 0 Å². The molecule has 0 N–H and O–H groups in total. The summed E-state index contributed by atoms with van der Waals surface area (Å²) in [6.07, 6.45) is 4.10. The van der Waals surface area contributed by atoms with E-state index >= 15 is 0 Å². The first kappa shape index (κ1) is 16.4. The van der Waals surface area contributed by atoms with E-state index in [2.05, 4.69) is 6.08 Å². The summed E-state index contributed by atoms with van der Waals surface area (Å²) in [6.45, 7) is 0.705. The zero-order valence-electron chi connectivity index (χ0n) is 7.09. The molecule has 4 heteroatoms. The molecule has 0 spiro atoms. The molecule has 0 bridgehead atoms. The Kier molecular flexibility index (Phi) is 10.4. The van der Waals surface area contributed by atoms with E-state index in [9.17, 15) is 0 Å². The van der Waals surface area contributed by atoms with Crippen LogP contribution in [0.3, 0.4) is 0 Å². The standard InChI is InChI=1S/C9H8O.Cu.Hg.Ti/c1-2-6-9-8(4-1)5-3-7-10-9;;;/h1-6H,7H2;;;. The van der Waals surface area contributed by atoms with Crippen molar-refractivity contribution >= 4 is 6.08 Å². The van der Waals surface area contributed by atoms with Gasteiger partial charge in [-0.2, -0.15) is 0 Å². The van der Waals surface area contributed by atoms with Gasteiger partial charge in [-0.1, -0.05) is 24.3 Å². The Bertz CT molecular complexity index is 278. The van der Waals surface area contributed by atoms with Crippen LogP contribution < -0.4 is 4.74 Å². The Morgan fingerprint density at radius 2 is 1.85 bits per heavy atom. The summed E-state index contributed by atoms with van der Waals surface area (Å²) < 4.78 is 5.34. The smallest absolute Gasteiger partial charge is 0.126 e. The first-order valence-corrected chi connectivity index (χ1v) is 3.35. The van der Waals surface area contributed by atoms with Crippen molar-refractivity contribution in [2.24, 2.45) is 0 Å². The average molecular weight is 444 g/mol. The minimum absolute atomic E-state index is 0. The maximum absolute atomic E-state index is 5.34. The molecule has 67 valence electrons. The van der Waals surface area contributed by atoms with E-state index in [-0.39, 0.29) is 66.5 Å². The Hall–Kier alpha value is 0.929. The second-order valence-electron chi connectivity index (χ2n) is 2.25. The third-order valence-electron chi connectivity index (χ3n) is 1.55. The largest absolute Gasteiger partial charge is 0.489 e. The van der Waals surface area contributed by atoms with E-state index in [1.54, 1.807) is 0 Å². The number of hydrogen-bond donors (Lipinski definition) is 0. The normalized spacial score (nSPS) is 10.8. The van der Waals surface area contributed by atoms with Gasteiger partial charge in [0.05, 0.1) is 0 Å². The molecule has 1 radical (unpaired) electrons. The molecule has 0 saturated heterocycles. The Morgan fingerprint density at radius 1 is 1.15 bits per heavy atom. The van der Waals surface area contributed by atoms with Crippen molar-refractivity contribution in [1.82, 2.24) is 0 Å². The fourth-order valence-electron chi connectivity index (χ4n) is 1.06. The molecule has 0 atom stereocenters. The fraction of sp³-hybridized carbons (Fsp3) is 0.111. The third kappa shape index (κ3) is 4.31. The summed E-state index contributed by atoms with van der Waals surface area (Å²) in [5.41, 5.74) is 1.17. The van der Waals surface area contributed by atoms with Crippen LogP contribution in [0.5, 0.6) is 5.75 Å². The molecule has 1 aliphatic rings. The molecule has 0 saturated carbocycles. The number of hydrogen-bond acceptors (Lipinski definition) is 1. The van der Waals surface area contributed by atoms with Gasteiger partial charge in [0.15, 0.2) is 0 Å². The van der Waals surface area contributed by atoms with Crippen LogP contribution >= 0.6 is 0 Å². The molecule has 13 heavy (non-hydrogen) atoms. The van der Waals surface area contributed by atoms with Gasteiger partial charge in [-0.15, -0.1) is 0 Å². The molecule has 2 rings (SSSR count). The van der Waals surface area contributed by atoms with Crippen molar-refractivity contribution < 1.29 is 71.2 Å². The molecular weight excluding hydrogens is 436 g/mol. The monoisotopic (exact) mass is 445 g/mol. The van der Waals surface area contributed by atoms with Crippen LogP contribution in [-0.4, -0.2) is 6.61 Å². The summed E-state index contributed by atoms with van der Waals surface area (Å²) in [5, 5.41) is 0. The van der Waals surface area contributed by atoms with Crippen LogP contribution in [0.1, 0.15) is 5.56 Å². The molecule has 0 aliphatic carbocycles. The van der Waals surface area contributed by atoms with Crippen LogP contribution in [0.15, 0.2) is 30.3 Å². The fourth-order valence-corrected chi connectivity index (χ4v) is 1.06. The molecule has 0 amide bonds. The summed E-state index contributed by atoms with van der Waals surface area (Å²) in [4.78, 5) is 0. The minimum Gasteiger partial charge on any atom is -0.489 e. The van der Waals surface area contributed by atoms with E-state index in [1.165, 1.54) is 5.56 Å². The van der Waals surface area contributed by atoms with Gasteiger partial charge in [0.2, 0.25) is 0 Å². The van der Waals surface area contributed by atoms with Crippen LogP contribution in [0.2, 0.25) is 0 Å². The average Bonchev–Trinajstić information content (AvgIpc) is 2.05. The van der Waals surface area contributed by atoms with Crippen LogP contribution in [-0.2, 0) is 66.5 Å². The van der Waals surface area contributed by atoms with Gasteiger partial charge in [-0.25, -0.2) is 0 Å². The number of ether oxygens (including phenoxy) is 1. The van der Waals surface area contributed by atoms with Gasteiger partial charge in [0, 0.05) is 72.0 Å². The molecule has 1 aliphatic heterocycles. The summed E-state index contributed by atoms with van der Waals surface area (Å²) >= 11 is 0. The molecule has 1 aromatic rings. The van der Waals surface area contributed by atoms with Crippen molar-refractivity contribution in [2.75, 3.05) is 6.61 Å². The number of fused-ring (bicyclic) bond motifs is 1. The summed E-state index contributed by atoms with van der Waals surface area (Å²) in [6, 6.07) is 8.03. The van der Waals surface area contributed by atoms with E-state index in [1.807, 2.05) is 30.3 Å². The van der Waals surface area contributed by atoms with Gasteiger partial charge >= 0.3 is 0 Å². The SMILES string of the molecule is C1=Cc2ccccc2OC1.[Cu].[Hg].[Ti]. The molecule has 0 unspecified atom stereocenters. The first-order valence-electron chi connectivity index (χ1n) is 3.35. The van der Waals surface area contributed by atoms with E-state index in [0.717, 1.165) is 5.75 Å². The van der Waals surface area contributed by atoms with Crippen molar-refractivity contribution in [1.29, 1.82) is 0 Å². The predicted molar refractivity (Wildman–Crippen MR) is 41.0 cm³/mol. The minimum atomic E-state index is 0. The molecule has 0 fully saturated rings. The maximum Gasteiger partial charge on any atom is 0.126 e. The van der Waals surface area contributed by atoms with E-state index in [0.29, 0.717) is 6.61 Å². The second-order valence-corrected chi connectivity index (χ2v) is 2.25. The molecular formula is C9H8CuHgOTi. The van der Waals surface area contributed by atoms with Crippen LogP contribution in [0, 0.1) is 0 Å². The second kappa shape index (κ2) is 8.25. The number of rotatable bonds is 0. The zero-order chi connectivity index (χ0) is 6.81. The van der Waals surface area contributed by atoms with E-state index < -0.39 is 0 Å². The first-order chi connectivity index (χ1) is 4.97. The molecule has 1 nitrogen and oxygen atoms in total. The van der Waals surface area contributed by atoms with Crippen molar-refractivity contribution in [3.05, 3.63) is 35.9 Å². The molecule has 1 aromatic carbocycles. The number of benzene rings is 1. The van der Waals surface area contributed by atoms with Crippen LogP contribution in [0.25, 0.3) is 6.08 Å². The van der Waals surface area contributed by atoms with E-state index in [4.69, 9.17) is 4.74 Å². The van der Waals surface area contributed by atoms with Crippen molar-refractivity contribution in [3.8, 4) is 5.75 Å².